The zero-order valence-electron chi connectivity index (χ0n) is 9.50. The van der Waals surface area contributed by atoms with E-state index in [1.54, 1.807) is 0 Å². The second kappa shape index (κ2) is 5.17. The molecule has 0 aliphatic carbocycles. The van der Waals surface area contributed by atoms with E-state index in [2.05, 4.69) is 34.5 Å². The standard InChI is InChI=1S/C13H20N2/c1-14-9-8-12-4-6-13(7-5-12)15-10-2-3-11-15/h4-7,14H,2-3,8-11H2,1H3. The Kier molecular flexibility index (Phi) is 3.62. The van der Waals surface area contributed by atoms with Crippen molar-refractivity contribution < 1.29 is 0 Å². The summed E-state index contributed by atoms with van der Waals surface area (Å²) in [5.41, 5.74) is 2.81. The lowest BCUT2D eigenvalue weighted by Gasteiger charge is -2.17. The number of nitrogens with zero attached hydrogens (tertiary/aromatic N) is 1. The van der Waals surface area contributed by atoms with Gasteiger partial charge < -0.3 is 10.2 Å². The maximum atomic E-state index is 3.18. The van der Waals surface area contributed by atoms with Gasteiger partial charge in [0, 0.05) is 18.8 Å². The summed E-state index contributed by atoms with van der Waals surface area (Å²) in [5.74, 6) is 0. The van der Waals surface area contributed by atoms with E-state index in [9.17, 15) is 0 Å². The molecule has 1 fully saturated rings. The van der Waals surface area contributed by atoms with Crippen LogP contribution in [0, 0.1) is 0 Å². The van der Waals surface area contributed by atoms with Crippen molar-refractivity contribution in [2.75, 3.05) is 31.6 Å². The second-order valence-corrected chi connectivity index (χ2v) is 4.21. The van der Waals surface area contributed by atoms with Crippen LogP contribution in [-0.2, 0) is 6.42 Å². The zero-order valence-corrected chi connectivity index (χ0v) is 9.50. The third-order valence-corrected chi connectivity index (χ3v) is 3.07. The molecule has 0 spiro atoms. The van der Waals surface area contributed by atoms with Crippen molar-refractivity contribution in [3.8, 4) is 0 Å². The molecule has 0 radical (unpaired) electrons. The van der Waals surface area contributed by atoms with Gasteiger partial charge in [-0.05, 0) is 50.6 Å². The summed E-state index contributed by atoms with van der Waals surface area (Å²) in [6.07, 6.45) is 3.82. The fourth-order valence-electron chi connectivity index (χ4n) is 2.12. The molecule has 1 aliphatic rings. The minimum absolute atomic E-state index is 1.06. The van der Waals surface area contributed by atoms with Crippen molar-refractivity contribution in [1.29, 1.82) is 0 Å². The quantitative estimate of drug-likeness (QED) is 0.807. The average Bonchev–Trinajstić information content (AvgIpc) is 2.80. The minimum Gasteiger partial charge on any atom is -0.372 e. The fourth-order valence-corrected chi connectivity index (χ4v) is 2.12. The smallest absolute Gasteiger partial charge is 0.0366 e. The Morgan fingerprint density at radius 2 is 1.80 bits per heavy atom. The van der Waals surface area contributed by atoms with Gasteiger partial charge in [0.25, 0.3) is 0 Å². The summed E-state index contributed by atoms with van der Waals surface area (Å²) in [6.45, 7) is 3.52. The fraction of sp³-hybridized carbons (Fsp3) is 0.538. The molecular weight excluding hydrogens is 184 g/mol. The van der Waals surface area contributed by atoms with Crippen LogP contribution in [0.4, 0.5) is 5.69 Å². The summed E-state index contributed by atoms with van der Waals surface area (Å²) >= 11 is 0. The van der Waals surface area contributed by atoms with Crippen molar-refractivity contribution in [1.82, 2.24) is 5.32 Å². The molecule has 1 aliphatic heterocycles. The number of likely N-dealkylation sites (N-methyl/N-ethyl adjacent to an activating group) is 1. The molecule has 0 aromatic heterocycles. The lowest BCUT2D eigenvalue weighted by atomic mass is 10.1. The van der Waals surface area contributed by atoms with Crippen molar-refractivity contribution >= 4 is 5.69 Å². The monoisotopic (exact) mass is 204 g/mol. The van der Waals surface area contributed by atoms with Gasteiger partial charge in [0.05, 0.1) is 0 Å². The molecule has 0 atom stereocenters. The number of nitrogens with one attached hydrogen (secondary N) is 1. The van der Waals surface area contributed by atoms with Crippen LogP contribution in [-0.4, -0.2) is 26.7 Å². The molecular formula is C13H20N2. The maximum absolute atomic E-state index is 3.18. The third kappa shape index (κ3) is 2.72. The van der Waals surface area contributed by atoms with E-state index in [4.69, 9.17) is 0 Å². The molecule has 1 heterocycles. The van der Waals surface area contributed by atoms with E-state index in [-0.39, 0.29) is 0 Å². The van der Waals surface area contributed by atoms with Crippen LogP contribution in [0.15, 0.2) is 24.3 Å². The number of benzene rings is 1. The highest BCUT2D eigenvalue weighted by molar-refractivity contribution is 5.48. The summed E-state index contributed by atoms with van der Waals surface area (Å²) < 4.78 is 0. The Labute approximate surface area is 92.3 Å². The first-order valence-electron chi connectivity index (χ1n) is 5.88. The molecule has 0 bridgehead atoms. The van der Waals surface area contributed by atoms with Crippen molar-refractivity contribution in [3.63, 3.8) is 0 Å². The first-order valence-corrected chi connectivity index (χ1v) is 5.88. The van der Waals surface area contributed by atoms with E-state index < -0.39 is 0 Å². The van der Waals surface area contributed by atoms with Gasteiger partial charge in [0.15, 0.2) is 0 Å². The lowest BCUT2D eigenvalue weighted by molar-refractivity contribution is 0.791. The SMILES string of the molecule is CNCCc1ccc(N2CCCC2)cc1. The maximum Gasteiger partial charge on any atom is 0.0366 e. The van der Waals surface area contributed by atoms with E-state index in [0.717, 1.165) is 13.0 Å². The van der Waals surface area contributed by atoms with E-state index >= 15 is 0 Å². The Morgan fingerprint density at radius 3 is 2.40 bits per heavy atom. The molecule has 1 aromatic carbocycles. The molecule has 0 amide bonds. The molecule has 2 rings (SSSR count). The molecule has 0 saturated carbocycles. The van der Waals surface area contributed by atoms with Crippen LogP contribution in [0.25, 0.3) is 0 Å². The first-order chi connectivity index (χ1) is 7.40. The van der Waals surface area contributed by atoms with Crippen LogP contribution in [0.1, 0.15) is 18.4 Å². The summed E-state index contributed by atoms with van der Waals surface area (Å²) in [6, 6.07) is 9.03. The topological polar surface area (TPSA) is 15.3 Å². The Balaban J connectivity index is 1.96. The van der Waals surface area contributed by atoms with E-state index in [0.29, 0.717) is 0 Å². The van der Waals surface area contributed by atoms with Gasteiger partial charge in [-0.2, -0.15) is 0 Å². The predicted octanol–water partition coefficient (Wildman–Crippen LogP) is 2.05. The second-order valence-electron chi connectivity index (χ2n) is 4.21. The Morgan fingerprint density at radius 1 is 1.13 bits per heavy atom. The molecule has 2 heteroatoms. The van der Waals surface area contributed by atoms with Crippen LogP contribution >= 0.6 is 0 Å². The third-order valence-electron chi connectivity index (χ3n) is 3.07. The molecule has 0 unspecified atom stereocenters. The Hall–Kier alpha value is -1.02. The van der Waals surface area contributed by atoms with Crippen LogP contribution in [0.5, 0.6) is 0 Å². The zero-order chi connectivity index (χ0) is 10.5. The largest absolute Gasteiger partial charge is 0.372 e. The minimum atomic E-state index is 1.06. The van der Waals surface area contributed by atoms with E-state index in [1.165, 1.54) is 37.2 Å². The van der Waals surface area contributed by atoms with E-state index in [1.807, 2.05) is 7.05 Å². The lowest BCUT2D eigenvalue weighted by Crippen LogP contribution is -2.17. The van der Waals surface area contributed by atoms with Gasteiger partial charge >= 0.3 is 0 Å². The number of hydrogen-bond acceptors (Lipinski definition) is 2. The highest BCUT2D eigenvalue weighted by atomic mass is 15.1. The normalized spacial score (nSPS) is 15.9. The van der Waals surface area contributed by atoms with Gasteiger partial charge in [-0.15, -0.1) is 0 Å². The predicted molar refractivity (Wildman–Crippen MR) is 65.5 cm³/mol. The molecule has 1 aromatic rings. The highest BCUT2D eigenvalue weighted by Crippen LogP contribution is 2.20. The van der Waals surface area contributed by atoms with Crippen molar-refractivity contribution in [2.24, 2.45) is 0 Å². The van der Waals surface area contributed by atoms with Crippen molar-refractivity contribution in [3.05, 3.63) is 29.8 Å². The Bertz CT molecular complexity index is 286. The van der Waals surface area contributed by atoms with Crippen LogP contribution in [0.3, 0.4) is 0 Å². The molecule has 82 valence electrons. The van der Waals surface area contributed by atoms with Gasteiger partial charge in [0.2, 0.25) is 0 Å². The molecule has 1 saturated heterocycles. The molecule has 15 heavy (non-hydrogen) atoms. The van der Waals surface area contributed by atoms with Gasteiger partial charge in [-0.25, -0.2) is 0 Å². The van der Waals surface area contributed by atoms with Gasteiger partial charge in [-0.3, -0.25) is 0 Å². The number of anilines is 1. The van der Waals surface area contributed by atoms with Gasteiger partial charge in [-0.1, -0.05) is 12.1 Å². The molecule has 1 N–H and O–H groups in total. The number of hydrogen-bond donors (Lipinski definition) is 1. The summed E-state index contributed by atoms with van der Waals surface area (Å²) in [5, 5.41) is 3.18. The summed E-state index contributed by atoms with van der Waals surface area (Å²) in [4.78, 5) is 2.47. The van der Waals surface area contributed by atoms with Crippen molar-refractivity contribution in [2.45, 2.75) is 19.3 Å². The molecule has 2 nitrogen and oxygen atoms in total. The average molecular weight is 204 g/mol. The summed E-state index contributed by atoms with van der Waals surface area (Å²) in [7, 11) is 2.00. The van der Waals surface area contributed by atoms with Crippen LogP contribution < -0.4 is 10.2 Å². The van der Waals surface area contributed by atoms with Crippen LogP contribution in [0.2, 0.25) is 0 Å². The highest BCUT2D eigenvalue weighted by Gasteiger charge is 2.11. The number of rotatable bonds is 4. The van der Waals surface area contributed by atoms with Gasteiger partial charge in [0.1, 0.15) is 0 Å². The first kappa shape index (κ1) is 10.5.